The fourth-order valence-corrected chi connectivity index (χ4v) is 3.77. The summed E-state index contributed by atoms with van der Waals surface area (Å²) in [5, 5.41) is 20.8. The predicted octanol–water partition coefficient (Wildman–Crippen LogP) is 3.15. The summed E-state index contributed by atoms with van der Waals surface area (Å²) in [4.78, 5) is 29.4. The van der Waals surface area contributed by atoms with Crippen molar-refractivity contribution in [1.29, 1.82) is 0 Å². The average molecular weight is 549 g/mol. The number of aryl methyl sites for hydroxylation is 1. The van der Waals surface area contributed by atoms with Gasteiger partial charge in [-0.15, -0.1) is 10.2 Å². The molecule has 0 radical (unpaired) electrons. The van der Waals surface area contributed by atoms with Gasteiger partial charge < -0.3 is 29.6 Å². The van der Waals surface area contributed by atoms with Crippen molar-refractivity contribution in [2.45, 2.75) is 6.54 Å². The Labute approximate surface area is 229 Å². The van der Waals surface area contributed by atoms with Gasteiger partial charge in [0.1, 0.15) is 17.8 Å². The molecule has 3 N–H and O–H groups in total. The summed E-state index contributed by atoms with van der Waals surface area (Å²) in [7, 11) is 7.58. The van der Waals surface area contributed by atoms with Crippen LogP contribution >= 0.6 is 0 Å². The molecule has 4 aromatic rings. The molecule has 0 aliphatic heterocycles. The number of rotatable bonds is 10. The number of amides is 2. The number of aromatic nitrogens is 5. The normalized spacial score (nSPS) is 10.4. The fourth-order valence-electron chi connectivity index (χ4n) is 3.77. The number of hydrogen-bond acceptors (Lipinski definition) is 11. The molecule has 0 bridgehead atoms. The van der Waals surface area contributed by atoms with E-state index in [1.165, 1.54) is 27.4 Å². The van der Waals surface area contributed by atoms with E-state index in [0.29, 0.717) is 34.3 Å². The number of ether oxygens (including phenoxy) is 4. The summed E-state index contributed by atoms with van der Waals surface area (Å²) >= 11 is 0. The van der Waals surface area contributed by atoms with E-state index in [-0.39, 0.29) is 23.7 Å². The summed E-state index contributed by atoms with van der Waals surface area (Å²) < 4.78 is 22.5. The number of benzene rings is 2. The summed E-state index contributed by atoms with van der Waals surface area (Å²) in [5.74, 6) is 1.59. The third kappa shape index (κ3) is 6.18. The summed E-state index contributed by atoms with van der Waals surface area (Å²) in [6.45, 7) is 0.138. The molecule has 40 heavy (non-hydrogen) atoms. The number of anilines is 3. The van der Waals surface area contributed by atoms with E-state index in [4.69, 9.17) is 14.2 Å². The summed E-state index contributed by atoms with van der Waals surface area (Å²) in [5.41, 5.74) is 2.05. The second kappa shape index (κ2) is 12.4. The van der Waals surface area contributed by atoms with Crippen molar-refractivity contribution < 1.29 is 28.5 Å². The monoisotopic (exact) mass is 548 g/mol. The third-order valence-electron chi connectivity index (χ3n) is 5.69. The Balaban J connectivity index is 1.67. The number of carbonyl (C=O) groups excluding carboxylic acids is 2. The quantitative estimate of drug-likeness (QED) is 0.267. The van der Waals surface area contributed by atoms with Gasteiger partial charge in [-0.25, -0.2) is 9.78 Å². The van der Waals surface area contributed by atoms with Crippen LogP contribution in [0.5, 0.6) is 17.2 Å². The smallest absolute Gasteiger partial charge is 0.412 e. The molecule has 2 heterocycles. The van der Waals surface area contributed by atoms with Crippen molar-refractivity contribution >= 4 is 29.2 Å². The molecule has 2 aromatic heterocycles. The van der Waals surface area contributed by atoms with Crippen LogP contribution in [0.25, 0.3) is 11.4 Å². The summed E-state index contributed by atoms with van der Waals surface area (Å²) in [6.07, 6.45) is 0.831. The van der Waals surface area contributed by atoms with Crippen LogP contribution in [-0.2, 0) is 18.3 Å². The molecule has 0 spiro atoms. The van der Waals surface area contributed by atoms with E-state index in [9.17, 15) is 9.59 Å². The maximum Gasteiger partial charge on any atom is 0.412 e. The lowest BCUT2D eigenvalue weighted by atomic mass is 10.1. The van der Waals surface area contributed by atoms with Crippen LogP contribution in [0.4, 0.5) is 22.0 Å². The Morgan fingerprint density at radius 1 is 0.950 bits per heavy atom. The lowest BCUT2D eigenvalue weighted by Gasteiger charge is -2.16. The van der Waals surface area contributed by atoms with E-state index in [1.807, 2.05) is 6.07 Å². The minimum Gasteiger partial charge on any atom is -0.497 e. The zero-order valence-corrected chi connectivity index (χ0v) is 22.5. The van der Waals surface area contributed by atoms with Crippen LogP contribution in [0, 0.1) is 0 Å². The Morgan fingerprint density at radius 3 is 2.45 bits per heavy atom. The van der Waals surface area contributed by atoms with Gasteiger partial charge in [0.2, 0.25) is 0 Å². The number of nitrogens with zero attached hydrogens (tertiary/aromatic N) is 5. The SMILES string of the molecule is COC(=O)Nc1cc(Nc2cccc(-c3ncn(C)n3)c2OC)c(C(=O)NCc2ccc(OC)cc2OC)nn1. The molecule has 4 rings (SSSR count). The third-order valence-corrected chi connectivity index (χ3v) is 5.69. The van der Waals surface area contributed by atoms with E-state index in [2.05, 4.69) is 41.0 Å². The van der Waals surface area contributed by atoms with Gasteiger partial charge >= 0.3 is 6.09 Å². The minimum absolute atomic E-state index is 0.0358. The second-order valence-corrected chi connectivity index (χ2v) is 8.22. The average Bonchev–Trinajstić information content (AvgIpc) is 3.41. The molecule has 0 aliphatic rings. The molecule has 0 atom stereocenters. The molecule has 0 saturated carbocycles. The standard InChI is InChI=1S/C26H28N8O6/c1-34-14-28-24(33-34)17-7-6-8-18(23(17)39-4)29-19-12-21(30-26(36)40-5)31-32-22(19)25(35)27-13-15-9-10-16(37-2)11-20(15)38-3/h6-12,14H,13H2,1-5H3,(H,27,35)(H2,29,30,31,36). The first-order valence-electron chi connectivity index (χ1n) is 11.9. The molecular formula is C26H28N8O6. The van der Waals surface area contributed by atoms with Crippen molar-refractivity contribution in [3.8, 4) is 28.6 Å². The van der Waals surface area contributed by atoms with Crippen molar-refractivity contribution in [2.24, 2.45) is 7.05 Å². The largest absolute Gasteiger partial charge is 0.497 e. The lowest BCUT2D eigenvalue weighted by Crippen LogP contribution is -2.26. The van der Waals surface area contributed by atoms with Crippen molar-refractivity contribution in [2.75, 3.05) is 39.1 Å². The van der Waals surface area contributed by atoms with Crippen LogP contribution in [0.3, 0.4) is 0 Å². The van der Waals surface area contributed by atoms with Crippen LogP contribution in [0.15, 0.2) is 48.8 Å². The highest BCUT2D eigenvalue weighted by Crippen LogP contribution is 2.37. The molecule has 0 saturated heterocycles. The number of methoxy groups -OCH3 is 4. The number of para-hydroxylation sites is 1. The van der Waals surface area contributed by atoms with Gasteiger partial charge in [0.25, 0.3) is 5.91 Å². The van der Waals surface area contributed by atoms with Gasteiger partial charge in [-0.1, -0.05) is 6.07 Å². The Bertz CT molecular complexity index is 1520. The topological polar surface area (TPSA) is 164 Å². The Kier molecular flexibility index (Phi) is 8.59. The summed E-state index contributed by atoms with van der Waals surface area (Å²) in [6, 6.07) is 12.1. The first-order chi connectivity index (χ1) is 19.4. The highest BCUT2D eigenvalue weighted by atomic mass is 16.5. The Morgan fingerprint density at radius 2 is 1.77 bits per heavy atom. The van der Waals surface area contributed by atoms with E-state index < -0.39 is 12.0 Å². The van der Waals surface area contributed by atoms with Gasteiger partial charge in [-0.3, -0.25) is 14.8 Å². The molecule has 0 fully saturated rings. The lowest BCUT2D eigenvalue weighted by molar-refractivity contribution is 0.0945. The first-order valence-corrected chi connectivity index (χ1v) is 11.9. The maximum absolute atomic E-state index is 13.3. The first kappa shape index (κ1) is 27.6. The molecule has 208 valence electrons. The van der Waals surface area contributed by atoms with Gasteiger partial charge in [0.05, 0.1) is 45.4 Å². The highest BCUT2D eigenvalue weighted by Gasteiger charge is 2.20. The van der Waals surface area contributed by atoms with Crippen molar-refractivity contribution in [1.82, 2.24) is 30.3 Å². The minimum atomic E-state index is -0.746. The van der Waals surface area contributed by atoms with E-state index >= 15 is 0 Å². The highest BCUT2D eigenvalue weighted by molar-refractivity contribution is 5.99. The molecule has 0 aliphatic carbocycles. The van der Waals surface area contributed by atoms with Crippen molar-refractivity contribution in [3.05, 3.63) is 60.0 Å². The van der Waals surface area contributed by atoms with E-state index in [1.54, 1.807) is 55.5 Å². The fraction of sp³-hybridized carbons (Fsp3) is 0.231. The molecule has 14 nitrogen and oxygen atoms in total. The Hall–Kier alpha value is -5.40. The van der Waals surface area contributed by atoms with Crippen LogP contribution < -0.4 is 30.2 Å². The van der Waals surface area contributed by atoms with Crippen LogP contribution in [-0.4, -0.2) is 65.4 Å². The van der Waals surface area contributed by atoms with Gasteiger partial charge in [0, 0.05) is 31.3 Å². The van der Waals surface area contributed by atoms with Crippen LogP contribution in [0.1, 0.15) is 16.1 Å². The zero-order valence-electron chi connectivity index (χ0n) is 22.5. The molecule has 14 heteroatoms. The zero-order chi connectivity index (χ0) is 28.6. The second-order valence-electron chi connectivity index (χ2n) is 8.22. The molecular weight excluding hydrogens is 520 g/mol. The number of nitrogens with one attached hydrogen (secondary N) is 3. The molecule has 2 aromatic carbocycles. The van der Waals surface area contributed by atoms with Crippen molar-refractivity contribution in [3.63, 3.8) is 0 Å². The number of carbonyl (C=O) groups is 2. The van der Waals surface area contributed by atoms with E-state index in [0.717, 1.165) is 5.56 Å². The molecule has 2 amide bonds. The predicted molar refractivity (Wildman–Crippen MR) is 145 cm³/mol. The van der Waals surface area contributed by atoms with Gasteiger partial charge in [-0.2, -0.15) is 5.10 Å². The van der Waals surface area contributed by atoms with Gasteiger partial charge in [-0.05, 0) is 24.3 Å². The molecule has 0 unspecified atom stereocenters. The number of hydrogen-bond donors (Lipinski definition) is 3. The maximum atomic E-state index is 13.3. The van der Waals surface area contributed by atoms with Crippen LogP contribution in [0.2, 0.25) is 0 Å². The van der Waals surface area contributed by atoms with Gasteiger partial charge in [0.15, 0.2) is 23.1 Å².